The molecule has 7 rings (SSSR count). The van der Waals surface area contributed by atoms with Crippen molar-refractivity contribution in [2.24, 2.45) is 5.41 Å². The van der Waals surface area contributed by atoms with E-state index in [1.165, 1.54) is 12.4 Å². The van der Waals surface area contributed by atoms with E-state index in [1.54, 1.807) is 13.0 Å². The lowest BCUT2D eigenvalue weighted by Crippen LogP contribution is -2.48. The normalized spacial score (nSPS) is 15.3. The van der Waals surface area contributed by atoms with Crippen LogP contribution in [0.15, 0.2) is 65.4 Å². The molecule has 0 radical (unpaired) electrons. The third kappa shape index (κ3) is 5.75. The van der Waals surface area contributed by atoms with Crippen molar-refractivity contribution in [3.63, 3.8) is 0 Å². The van der Waals surface area contributed by atoms with E-state index in [0.717, 1.165) is 22.2 Å². The summed E-state index contributed by atoms with van der Waals surface area (Å²) in [4.78, 5) is 39.7. The van der Waals surface area contributed by atoms with Crippen molar-refractivity contribution in [2.45, 2.75) is 44.7 Å². The molecule has 228 valence electrons. The molecule has 4 N–H and O–H groups in total. The molecule has 0 spiro atoms. The Morgan fingerprint density at radius 1 is 1.13 bits per heavy atom. The number of benzene rings is 2. The fraction of sp³-hybridized carbons (Fsp3) is 0.258. The first-order chi connectivity index (χ1) is 21.7. The largest absolute Gasteiger partial charge is 0.480 e. The Kier molecular flexibility index (Phi) is 7.59. The van der Waals surface area contributed by atoms with Crippen LogP contribution in [0.4, 0.5) is 0 Å². The van der Waals surface area contributed by atoms with E-state index in [9.17, 15) is 14.4 Å². The minimum atomic E-state index is -0.986. The van der Waals surface area contributed by atoms with Crippen molar-refractivity contribution in [3.8, 4) is 23.3 Å². The quantitative estimate of drug-likeness (QED) is 0.194. The van der Waals surface area contributed by atoms with Crippen molar-refractivity contribution in [1.82, 2.24) is 35.5 Å². The lowest BCUT2D eigenvalue weighted by Gasteiger charge is -2.17. The predicted octanol–water partition coefficient (Wildman–Crippen LogP) is 4.32. The number of carboxylic acid groups (broad SMARTS) is 1. The SMILES string of the molecule is Cc1nc(-c2c(Cl)c3ccccc3n2-c2ccc(CNC(=O)C3(NC(=O)c4cn[nH]c4)CC3)cc2)no1.N#CC1(C(=O)O)CC1. The van der Waals surface area contributed by atoms with E-state index in [-0.39, 0.29) is 11.8 Å². The second-order valence-corrected chi connectivity index (χ2v) is 11.4. The molecule has 2 saturated carbocycles. The Morgan fingerprint density at radius 2 is 1.87 bits per heavy atom. The number of halogens is 1. The van der Waals surface area contributed by atoms with Gasteiger partial charge in [-0.15, -0.1) is 0 Å². The molecule has 0 bridgehead atoms. The number of hydrogen-bond donors (Lipinski definition) is 4. The monoisotopic (exact) mass is 626 g/mol. The van der Waals surface area contributed by atoms with Gasteiger partial charge >= 0.3 is 5.97 Å². The number of nitriles is 1. The number of carbonyl (C=O) groups excluding carboxylic acids is 2. The maximum absolute atomic E-state index is 12.9. The van der Waals surface area contributed by atoms with Crippen LogP contribution in [0, 0.1) is 23.7 Å². The number of nitrogens with zero attached hydrogens (tertiary/aromatic N) is 5. The fourth-order valence-electron chi connectivity index (χ4n) is 4.87. The van der Waals surface area contributed by atoms with E-state index in [2.05, 4.69) is 31.0 Å². The second-order valence-electron chi connectivity index (χ2n) is 11.0. The lowest BCUT2D eigenvalue weighted by molar-refractivity contribution is -0.141. The molecule has 13 nitrogen and oxygen atoms in total. The Labute approximate surface area is 261 Å². The summed E-state index contributed by atoms with van der Waals surface area (Å²) in [6, 6.07) is 17.3. The highest BCUT2D eigenvalue weighted by Crippen LogP contribution is 2.44. The van der Waals surface area contributed by atoms with Crippen LogP contribution in [-0.2, 0) is 16.1 Å². The van der Waals surface area contributed by atoms with E-state index >= 15 is 0 Å². The summed E-state index contributed by atoms with van der Waals surface area (Å²) in [6.07, 6.45) is 5.18. The highest BCUT2D eigenvalue weighted by Gasteiger charge is 2.51. The van der Waals surface area contributed by atoms with Gasteiger partial charge in [0.15, 0.2) is 5.41 Å². The number of carbonyl (C=O) groups is 3. The van der Waals surface area contributed by atoms with E-state index in [1.807, 2.05) is 53.1 Å². The Balaban J connectivity index is 0.000000390. The summed E-state index contributed by atoms with van der Waals surface area (Å²) in [5.41, 5.74) is 1.87. The highest BCUT2D eigenvalue weighted by molar-refractivity contribution is 6.38. The van der Waals surface area contributed by atoms with Crippen molar-refractivity contribution in [2.75, 3.05) is 0 Å². The van der Waals surface area contributed by atoms with Crippen LogP contribution in [-0.4, -0.2) is 53.3 Å². The minimum Gasteiger partial charge on any atom is -0.480 e. The first kappa shape index (κ1) is 29.6. The van der Waals surface area contributed by atoms with Crippen LogP contribution < -0.4 is 10.6 Å². The van der Waals surface area contributed by atoms with Crippen LogP contribution in [0.2, 0.25) is 5.02 Å². The minimum absolute atomic E-state index is 0.202. The van der Waals surface area contributed by atoms with Crippen molar-refractivity contribution in [1.29, 1.82) is 5.26 Å². The predicted molar refractivity (Wildman–Crippen MR) is 161 cm³/mol. The number of hydrogen-bond acceptors (Lipinski definition) is 8. The van der Waals surface area contributed by atoms with E-state index in [4.69, 9.17) is 26.5 Å². The maximum atomic E-state index is 12.9. The Bertz CT molecular complexity index is 1950. The second kappa shape index (κ2) is 11.5. The van der Waals surface area contributed by atoms with Gasteiger partial charge < -0.3 is 24.8 Å². The molecule has 2 fully saturated rings. The number of carboxylic acids is 1. The average Bonchev–Trinajstić information content (AvgIpc) is 3.86. The number of fused-ring (bicyclic) bond motifs is 1. The maximum Gasteiger partial charge on any atom is 0.324 e. The third-order valence-corrected chi connectivity index (χ3v) is 8.25. The Morgan fingerprint density at radius 3 is 2.42 bits per heavy atom. The fourth-order valence-corrected chi connectivity index (χ4v) is 5.20. The van der Waals surface area contributed by atoms with Gasteiger partial charge in [0, 0.05) is 30.7 Å². The molecule has 2 aliphatic carbocycles. The molecular weight excluding hydrogens is 600 g/mol. The van der Waals surface area contributed by atoms with Gasteiger partial charge in [-0.25, -0.2) is 0 Å². The molecule has 5 aromatic rings. The molecular formula is C31H27ClN8O5. The number of aryl methyl sites for hydroxylation is 1. The van der Waals surface area contributed by atoms with Gasteiger partial charge in [0.05, 0.1) is 28.4 Å². The van der Waals surface area contributed by atoms with Gasteiger partial charge in [0.1, 0.15) is 11.2 Å². The number of aromatic nitrogens is 5. The van der Waals surface area contributed by atoms with Gasteiger partial charge in [-0.1, -0.05) is 47.1 Å². The number of nitrogens with one attached hydrogen (secondary N) is 3. The number of aliphatic carboxylic acids is 1. The van der Waals surface area contributed by atoms with Gasteiger partial charge in [0.2, 0.25) is 17.6 Å². The summed E-state index contributed by atoms with van der Waals surface area (Å²) < 4.78 is 7.20. The molecule has 0 saturated heterocycles. The van der Waals surface area contributed by atoms with Gasteiger partial charge in [-0.2, -0.15) is 15.3 Å². The van der Waals surface area contributed by atoms with Gasteiger partial charge in [0.25, 0.3) is 5.91 Å². The van der Waals surface area contributed by atoms with Crippen molar-refractivity contribution < 1.29 is 24.0 Å². The molecule has 0 atom stereocenters. The first-order valence-electron chi connectivity index (χ1n) is 14.1. The molecule has 3 heterocycles. The summed E-state index contributed by atoms with van der Waals surface area (Å²) in [5, 5.41) is 34.1. The molecule has 3 aromatic heterocycles. The number of para-hydroxylation sites is 1. The molecule has 0 unspecified atom stereocenters. The highest BCUT2D eigenvalue weighted by atomic mass is 35.5. The molecule has 2 amide bonds. The zero-order valence-electron chi connectivity index (χ0n) is 24.0. The number of aromatic amines is 1. The molecule has 2 aliphatic rings. The zero-order valence-corrected chi connectivity index (χ0v) is 24.8. The topological polar surface area (TPSA) is 192 Å². The summed E-state index contributed by atoms with van der Waals surface area (Å²) in [5.74, 6) is -0.645. The molecule has 45 heavy (non-hydrogen) atoms. The van der Waals surface area contributed by atoms with Gasteiger partial charge in [-0.05, 0) is 49.4 Å². The molecule has 2 aromatic carbocycles. The lowest BCUT2D eigenvalue weighted by atomic mass is 10.1. The van der Waals surface area contributed by atoms with Gasteiger partial charge in [-0.3, -0.25) is 19.5 Å². The summed E-state index contributed by atoms with van der Waals surface area (Å²) in [7, 11) is 0. The summed E-state index contributed by atoms with van der Waals surface area (Å²) >= 11 is 6.76. The van der Waals surface area contributed by atoms with Crippen LogP contribution in [0.3, 0.4) is 0 Å². The van der Waals surface area contributed by atoms with Crippen LogP contribution in [0.25, 0.3) is 28.1 Å². The Hall–Kier alpha value is -5.48. The standard InChI is InChI=1S/C26H22ClN7O3.C5H5NO2/c1-15-31-23(33-37-15)22-21(27)19-4-2-3-5-20(19)34(22)18-8-6-16(7-9-18)12-28-25(36)26(10-11-26)32-24(35)17-13-29-30-14-17;6-3-5(1-2-5)4(7)8/h2-9,13-14H,10-12H2,1H3,(H,28,36)(H,29,30)(H,32,35);1-2H2,(H,7,8). The number of H-pyrrole nitrogens is 1. The molecule has 0 aliphatic heterocycles. The van der Waals surface area contributed by atoms with E-state index < -0.39 is 16.9 Å². The zero-order chi connectivity index (χ0) is 31.8. The van der Waals surface area contributed by atoms with Crippen molar-refractivity contribution >= 4 is 40.3 Å². The first-order valence-corrected chi connectivity index (χ1v) is 14.5. The third-order valence-electron chi connectivity index (χ3n) is 7.87. The van der Waals surface area contributed by atoms with Crippen LogP contribution >= 0.6 is 11.6 Å². The van der Waals surface area contributed by atoms with Crippen molar-refractivity contribution in [3.05, 3.63) is 83.0 Å². The van der Waals surface area contributed by atoms with Crippen LogP contribution in [0.1, 0.15) is 47.5 Å². The van der Waals surface area contributed by atoms with E-state index in [0.29, 0.717) is 60.2 Å². The number of rotatable bonds is 8. The molecule has 14 heteroatoms. The smallest absolute Gasteiger partial charge is 0.324 e. The summed E-state index contributed by atoms with van der Waals surface area (Å²) in [6.45, 7) is 2.06. The average molecular weight is 627 g/mol. The number of amides is 2. The van der Waals surface area contributed by atoms with Crippen LogP contribution in [0.5, 0.6) is 0 Å².